The van der Waals surface area contributed by atoms with Crippen molar-refractivity contribution in [3.63, 3.8) is 0 Å². The summed E-state index contributed by atoms with van der Waals surface area (Å²) in [6, 6.07) is 18.7. The molecule has 0 spiro atoms. The number of fused-ring (bicyclic) bond motifs is 1. The van der Waals surface area contributed by atoms with Crippen LogP contribution in [-0.4, -0.2) is 16.1 Å². The zero-order chi connectivity index (χ0) is 32.4. The minimum absolute atomic E-state index is 0.140. The lowest BCUT2D eigenvalue weighted by Crippen LogP contribution is -2.27. The lowest BCUT2D eigenvalue weighted by molar-refractivity contribution is 0.337. The molecule has 45 heavy (non-hydrogen) atoms. The third-order valence-electron chi connectivity index (χ3n) is 9.00. The number of benzene rings is 2. The Morgan fingerprint density at radius 3 is 2.51 bits per heavy atom. The molecule has 4 rings (SSSR count). The summed E-state index contributed by atoms with van der Waals surface area (Å²) in [6.07, 6.45) is 14.8. The van der Waals surface area contributed by atoms with Gasteiger partial charge in [-0.1, -0.05) is 83.0 Å². The van der Waals surface area contributed by atoms with Gasteiger partial charge in [-0.05, 0) is 110 Å². The monoisotopic (exact) mass is 604 g/mol. The Balaban J connectivity index is 1.74. The molecule has 2 heterocycles. The highest BCUT2D eigenvalue weighted by molar-refractivity contribution is 5.95. The standard InChI is InChI=1S/C41H56N4/c1-9-12-22-41(7,8)29-37-36-28-33(34-26-31(6)25-32(27-34)18-15-13-14-16-24-44-43-10-2)20-21-38(36)45(11-3)40(37)35-19-17-23-42-39(35)30(4)5/h9-10,17,19-21,23,25-28,30,43-44H,1-2,11-16,18,22,24,29H2,3-8H3. The van der Waals surface area contributed by atoms with Crippen molar-refractivity contribution in [1.82, 2.24) is 20.4 Å². The summed E-state index contributed by atoms with van der Waals surface area (Å²) in [6.45, 7) is 23.4. The number of hydrazine groups is 1. The second-order valence-electron chi connectivity index (χ2n) is 13.7. The first kappa shape index (κ1) is 34.2. The minimum atomic E-state index is 0.140. The first-order chi connectivity index (χ1) is 21.7. The zero-order valence-electron chi connectivity index (χ0n) is 28.8. The van der Waals surface area contributed by atoms with Crippen molar-refractivity contribution in [2.45, 2.75) is 105 Å². The topological polar surface area (TPSA) is 41.9 Å². The Bertz CT molecular complexity index is 1570. The van der Waals surface area contributed by atoms with Crippen molar-refractivity contribution in [1.29, 1.82) is 0 Å². The number of nitrogens with zero attached hydrogens (tertiary/aromatic N) is 2. The first-order valence-electron chi connectivity index (χ1n) is 17.1. The summed E-state index contributed by atoms with van der Waals surface area (Å²) in [5.74, 6) is 0.346. The number of hydrogen-bond donors (Lipinski definition) is 2. The molecule has 4 aromatic rings. The van der Waals surface area contributed by atoms with Gasteiger partial charge >= 0.3 is 0 Å². The van der Waals surface area contributed by atoms with Crippen molar-refractivity contribution in [3.05, 3.63) is 103 Å². The maximum Gasteiger partial charge on any atom is 0.0542 e. The maximum absolute atomic E-state index is 4.89. The van der Waals surface area contributed by atoms with Gasteiger partial charge in [0.25, 0.3) is 0 Å². The molecule has 0 fully saturated rings. The summed E-state index contributed by atoms with van der Waals surface area (Å²) in [5, 5.41) is 1.37. The predicted octanol–water partition coefficient (Wildman–Crippen LogP) is 10.7. The predicted molar refractivity (Wildman–Crippen MR) is 196 cm³/mol. The van der Waals surface area contributed by atoms with Gasteiger partial charge in [0.2, 0.25) is 0 Å². The molecule has 0 radical (unpaired) electrons. The molecule has 0 saturated carbocycles. The molecular weight excluding hydrogens is 548 g/mol. The number of allylic oxidation sites excluding steroid dienone is 1. The Kier molecular flexibility index (Phi) is 12.2. The summed E-state index contributed by atoms with van der Waals surface area (Å²) in [7, 11) is 0. The Morgan fingerprint density at radius 1 is 0.978 bits per heavy atom. The molecule has 0 aliphatic carbocycles. The summed E-state index contributed by atoms with van der Waals surface area (Å²) in [4.78, 5) is 4.89. The van der Waals surface area contributed by atoms with E-state index in [2.05, 4.69) is 125 Å². The van der Waals surface area contributed by atoms with Crippen LogP contribution in [0.15, 0.2) is 80.2 Å². The number of nitrogens with one attached hydrogen (secondary N) is 2. The van der Waals surface area contributed by atoms with Gasteiger partial charge in [-0.15, -0.1) is 6.58 Å². The molecule has 0 amide bonds. The molecule has 4 nitrogen and oxygen atoms in total. The van der Waals surface area contributed by atoms with E-state index in [0.29, 0.717) is 5.92 Å². The van der Waals surface area contributed by atoms with Gasteiger partial charge in [-0.2, -0.15) is 0 Å². The van der Waals surface area contributed by atoms with Crippen LogP contribution in [0.3, 0.4) is 0 Å². The number of rotatable bonds is 18. The van der Waals surface area contributed by atoms with Gasteiger partial charge in [0.1, 0.15) is 0 Å². The number of aryl methyl sites for hydroxylation is 3. The molecule has 0 aliphatic rings. The fraction of sp³-hybridized carbons (Fsp3) is 0.439. The highest BCUT2D eigenvalue weighted by Crippen LogP contribution is 2.42. The molecule has 0 aliphatic heterocycles. The van der Waals surface area contributed by atoms with E-state index in [4.69, 9.17) is 4.98 Å². The number of pyridine rings is 1. The van der Waals surface area contributed by atoms with E-state index < -0.39 is 0 Å². The molecule has 2 aromatic carbocycles. The van der Waals surface area contributed by atoms with Crippen LogP contribution in [0, 0.1) is 12.3 Å². The van der Waals surface area contributed by atoms with Crippen LogP contribution < -0.4 is 10.9 Å². The second kappa shape index (κ2) is 16.1. The van der Waals surface area contributed by atoms with E-state index in [-0.39, 0.29) is 5.41 Å². The van der Waals surface area contributed by atoms with Crippen molar-refractivity contribution in [2.75, 3.05) is 6.54 Å². The lowest BCUT2D eigenvalue weighted by Gasteiger charge is -2.25. The van der Waals surface area contributed by atoms with Crippen LogP contribution in [0.2, 0.25) is 0 Å². The third kappa shape index (κ3) is 8.76. The Morgan fingerprint density at radius 2 is 1.78 bits per heavy atom. The van der Waals surface area contributed by atoms with E-state index in [9.17, 15) is 0 Å². The molecular formula is C41H56N4. The number of hydrogen-bond acceptors (Lipinski definition) is 3. The van der Waals surface area contributed by atoms with Crippen molar-refractivity contribution >= 4 is 10.9 Å². The van der Waals surface area contributed by atoms with Gasteiger partial charge in [0, 0.05) is 42.0 Å². The largest absolute Gasteiger partial charge is 0.340 e. The van der Waals surface area contributed by atoms with E-state index in [1.807, 2.05) is 6.20 Å². The van der Waals surface area contributed by atoms with Crippen LogP contribution in [-0.2, 0) is 19.4 Å². The zero-order valence-corrected chi connectivity index (χ0v) is 28.8. The summed E-state index contributed by atoms with van der Waals surface area (Å²) < 4.78 is 2.53. The molecule has 0 unspecified atom stereocenters. The van der Waals surface area contributed by atoms with Crippen molar-refractivity contribution < 1.29 is 0 Å². The molecule has 2 N–H and O–H groups in total. The number of aromatic nitrogens is 2. The van der Waals surface area contributed by atoms with Crippen LogP contribution in [0.25, 0.3) is 33.3 Å². The molecule has 4 heteroatoms. The van der Waals surface area contributed by atoms with E-state index >= 15 is 0 Å². The average molecular weight is 605 g/mol. The molecule has 2 aromatic heterocycles. The SMILES string of the molecule is C=CCCC(C)(C)Cc1c(-c2cccnc2C(C)C)n(CC)c2ccc(-c3cc(C)cc(CCCCCCNNC=C)c3)cc12. The van der Waals surface area contributed by atoms with Gasteiger partial charge in [0.15, 0.2) is 0 Å². The quantitative estimate of drug-likeness (QED) is 0.0674. The minimum Gasteiger partial charge on any atom is -0.340 e. The lowest BCUT2D eigenvalue weighted by atomic mass is 9.80. The smallest absolute Gasteiger partial charge is 0.0542 e. The van der Waals surface area contributed by atoms with Gasteiger partial charge < -0.3 is 9.99 Å². The maximum atomic E-state index is 4.89. The fourth-order valence-electron chi connectivity index (χ4n) is 6.77. The molecule has 0 atom stereocenters. The van der Waals surface area contributed by atoms with Crippen LogP contribution in [0.1, 0.15) is 101 Å². The highest BCUT2D eigenvalue weighted by atomic mass is 15.3. The molecule has 0 bridgehead atoms. The van der Waals surface area contributed by atoms with E-state index in [1.165, 1.54) is 81.4 Å². The van der Waals surface area contributed by atoms with Gasteiger partial charge in [0.05, 0.1) is 11.4 Å². The summed E-state index contributed by atoms with van der Waals surface area (Å²) >= 11 is 0. The normalized spacial score (nSPS) is 11.8. The van der Waals surface area contributed by atoms with Crippen molar-refractivity contribution in [2.24, 2.45) is 5.41 Å². The van der Waals surface area contributed by atoms with Crippen molar-refractivity contribution in [3.8, 4) is 22.4 Å². The third-order valence-corrected chi connectivity index (χ3v) is 9.00. The Hall–Kier alpha value is -3.63. The van der Waals surface area contributed by atoms with Crippen LogP contribution in [0.5, 0.6) is 0 Å². The average Bonchev–Trinajstić information content (AvgIpc) is 3.32. The number of unbranched alkanes of at least 4 members (excludes halogenated alkanes) is 3. The Labute approximate surface area is 273 Å². The fourth-order valence-corrected chi connectivity index (χ4v) is 6.77. The molecule has 240 valence electrons. The molecule has 0 saturated heterocycles. The van der Waals surface area contributed by atoms with Crippen LogP contribution in [0.4, 0.5) is 0 Å². The van der Waals surface area contributed by atoms with E-state index in [0.717, 1.165) is 38.8 Å². The van der Waals surface area contributed by atoms with Gasteiger partial charge in [-0.3, -0.25) is 4.98 Å². The highest BCUT2D eigenvalue weighted by Gasteiger charge is 2.27. The van der Waals surface area contributed by atoms with Gasteiger partial charge in [-0.25, -0.2) is 5.43 Å². The summed E-state index contributed by atoms with van der Waals surface area (Å²) in [5.41, 5.74) is 18.2. The van der Waals surface area contributed by atoms with E-state index in [1.54, 1.807) is 6.20 Å². The first-order valence-corrected chi connectivity index (χ1v) is 17.1. The second-order valence-corrected chi connectivity index (χ2v) is 13.7. The van der Waals surface area contributed by atoms with Crippen LogP contribution >= 0.6 is 0 Å².